The molecule has 9 heteroatoms. The van der Waals surface area contributed by atoms with Crippen LogP contribution in [0, 0.1) is 5.82 Å². The third-order valence-electron chi connectivity index (χ3n) is 5.09. The normalized spacial score (nSPS) is 24.2. The summed E-state index contributed by atoms with van der Waals surface area (Å²) in [4.78, 5) is 33.7. The fourth-order valence-electron chi connectivity index (χ4n) is 3.79. The predicted molar refractivity (Wildman–Crippen MR) is 84.6 cm³/mol. The topological polar surface area (TPSA) is 75.2 Å². The third kappa shape index (κ3) is 2.58. The SMILES string of the molecule is COCC(=O)N1CCN2C(=O)OC3(CN(c4ccc(F)cn4)C3)C2C1. The number of nitrogens with zero attached hydrogens (tertiary/aromatic N) is 4. The zero-order valence-corrected chi connectivity index (χ0v) is 13.9. The van der Waals surface area contributed by atoms with E-state index in [2.05, 4.69) is 4.98 Å². The fraction of sp³-hybridized carbons (Fsp3) is 0.562. The van der Waals surface area contributed by atoms with E-state index in [1.54, 1.807) is 15.9 Å². The molecule has 3 fully saturated rings. The van der Waals surface area contributed by atoms with Gasteiger partial charge in [0.2, 0.25) is 5.91 Å². The number of fused-ring (bicyclic) bond motifs is 2. The van der Waals surface area contributed by atoms with Crippen LogP contribution < -0.4 is 4.90 Å². The Bertz CT molecular complexity index is 692. The number of pyridine rings is 1. The molecule has 1 aromatic heterocycles. The van der Waals surface area contributed by atoms with Gasteiger partial charge in [0.1, 0.15) is 18.2 Å². The van der Waals surface area contributed by atoms with E-state index in [1.165, 1.54) is 19.4 Å². The molecule has 4 heterocycles. The second-order valence-corrected chi connectivity index (χ2v) is 6.61. The van der Waals surface area contributed by atoms with Crippen molar-refractivity contribution in [2.24, 2.45) is 0 Å². The smallest absolute Gasteiger partial charge is 0.411 e. The molecule has 0 aromatic carbocycles. The number of halogens is 1. The minimum atomic E-state index is -0.654. The molecule has 25 heavy (non-hydrogen) atoms. The van der Waals surface area contributed by atoms with Crippen molar-refractivity contribution in [1.29, 1.82) is 0 Å². The van der Waals surface area contributed by atoms with Crippen LogP contribution in [0.1, 0.15) is 0 Å². The van der Waals surface area contributed by atoms with Crippen molar-refractivity contribution in [1.82, 2.24) is 14.8 Å². The maximum Gasteiger partial charge on any atom is 0.411 e. The number of carbonyl (C=O) groups is 2. The number of aromatic nitrogens is 1. The number of piperazine rings is 1. The first kappa shape index (κ1) is 16.1. The van der Waals surface area contributed by atoms with Gasteiger partial charge in [0.15, 0.2) is 5.60 Å². The van der Waals surface area contributed by atoms with Crippen LogP contribution >= 0.6 is 0 Å². The summed E-state index contributed by atoms with van der Waals surface area (Å²) in [5, 5.41) is 0. The zero-order valence-electron chi connectivity index (χ0n) is 13.9. The van der Waals surface area contributed by atoms with E-state index < -0.39 is 11.4 Å². The Labute approximate surface area is 144 Å². The van der Waals surface area contributed by atoms with Crippen LogP contribution in [0.5, 0.6) is 0 Å². The summed E-state index contributed by atoms with van der Waals surface area (Å²) >= 11 is 0. The van der Waals surface area contributed by atoms with Crippen LogP contribution in [-0.4, -0.2) is 84.9 Å². The van der Waals surface area contributed by atoms with Gasteiger partial charge >= 0.3 is 6.09 Å². The van der Waals surface area contributed by atoms with Crippen LogP contribution in [0.2, 0.25) is 0 Å². The van der Waals surface area contributed by atoms with E-state index in [1.807, 2.05) is 4.90 Å². The molecule has 134 valence electrons. The second-order valence-electron chi connectivity index (χ2n) is 6.61. The molecular formula is C16H19FN4O4. The van der Waals surface area contributed by atoms with Crippen LogP contribution in [-0.2, 0) is 14.3 Å². The molecule has 1 spiro atoms. The number of hydrogen-bond acceptors (Lipinski definition) is 6. The Morgan fingerprint density at radius 3 is 2.92 bits per heavy atom. The number of anilines is 1. The highest BCUT2D eigenvalue weighted by Crippen LogP contribution is 2.41. The predicted octanol–water partition coefficient (Wildman–Crippen LogP) is 0.0889. The quantitative estimate of drug-likeness (QED) is 0.769. The molecule has 0 bridgehead atoms. The van der Waals surface area contributed by atoms with Crippen molar-refractivity contribution >= 4 is 17.8 Å². The Kier molecular flexibility index (Phi) is 3.75. The summed E-state index contributed by atoms with van der Waals surface area (Å²) < 4.78 is 23.6. The first-order chi connectivity index (χ1) is 12.0. The lowest BCUT2D eigenvalue weighted by Gasteiger charge is -2.51. The van der Waals surface area contributed by atoms with Crippen molar-refractivity contribution in [3.05, 3.63) is 24.1 Å². The first-order valence-electron chi connectivity index (χ1n) is 8.15. The molecule has 1 aromatic rings. The molecule has 0 aliphatic carbocycles. The van der Waals surface area contributed by atoms with Gasteiger partial charge in [0.25, 0.3) is 0 Å². The highest BCUT2D eigenvalue weighted by molar-refractivity contribution is 5.79. The van der Waals surface area contributed by atoms with Crippen LogP contribution in [0.4, 0.5) is 15.0 Å². The molecule has 0 N–H and O–H groups in total. The molecule has 8 nitrogen and oxygen atoms in total. The maximum absolute atomic E-state index is 13.0. The fourth-order valence-corrected chi connectivity index (χ4v) is 3.79. The monoisotopic (exact) mass is 350 g/mol. The van der Waals surface area contributed by atoms with E-state index in [9.17, 15) is 14.0 Å². The number of carbonyl (C=O) groups excluding carboxylic acids is 2. The third-order valence-corrected chi connectivity index (χ3v) is 5.09. The molecule has 4 rings (SSSR count). The molecule has 3 aliphatic rings. The van der Waals surface area contributed by atoms with Crippen molar-refractivity contribution in [2.45, 2.75) is 11.6 Å². The van der Waals surface area contributed by atoms with Crippen molar-refractivity contribution < 1.29 is 23.5 Å². The van der Waals surface area contributed by atoms with Gasteiger partial charge in [-0.05, 0) is 12.1 Å². The van der Waals surface area contributed by atoms with Crippen molar-refractivity contribution in [3.63, 3.8) is 0 Å². The van der Waals surface area contributed by atoms with Gasteiger partial charge in [-0.3, -0.25) is 9.69 Å². The van der Waals surface area contributed by atoms with E-state index in [0.717, 1.165) is 0 Å². The summed E-state index contributed by atoms with van der Waals surface area (Å²) in [6, 6.07) is 2.77. The van der Waals surface area contributed by atoms with Gasteiger partial charge < -0.3 is 19.3 Å². The van der Waals surface area contributed by atoms with E-state index in [0.29, 0.717) is 38.5 Å². The van der Waals surface area contributed by atoms with Crippen molar-refractivity contribution in [3.8, 4) is 0 Å². The Morgan fingerprint density at radius 1 is 1.44 bits per heavy atom. The minimum Gasteiger partial charge on any atom is -0.437 e. The van der Waals surface area contributed by atoms with Gasteiger partial charge in [-0.2, -0.15) is 0 Å². The highest BCUT2D eigenvalue weighted by Gasteiger charge is 2.62. The molecule has 3 saturated heterocycles. The largest absolute Gasteiger partial charge is 0.437 e. The number of methoxy groups -OCH3 is 1. The molecule has 2 amide bonds. The summed E-state index contributed by atoms with van der Waals surface area (Å²) in [7, 11) is 1.48. The van der Waals surface area contributed by atoms with E-state index in [-0.39, 0.29) is 24.6 Å². The number of rotatable bonds is 3. The lowest BCUT2D eigenvalue weighted by atomic mass is 9.84. The van der Waals surface area contributed by atoms with Crippen LogP contribution in [0.3, 0.4) is 0 Å². The minimum absolute atomic E-state index is 0.0279. The average molecular weight is 350 g/mol. The van der Waals surface area contributed by atoms with Crippen molar-refractivity contribution in [2.75, 3.05) is 51.3 Å². The van der Waals surface area contributed by atoms with Gasteiger partial charge in [-0.15, -0.1) is 0 Å². The molecule has 3 aliphatic heterocycles. The number of ether oxygens (including phenoxy) is 2. The van der Waals surface area contributed by atoms with Crippen LogP contribution in [0.25, 0.3) is 0 Å². The second kappa shape index (κ2) is 5.83. The average Bonchev–Trinajstić information content (AvgIpc) is 2.87. The lowest BCUT2D eigenvalue weighted by molar-refractivity contribution is -0.138. The lowest BCUT2D eigenvalue weighted by Crippen LogP contribution is -2.71. The Morgan fingerprint density at radius 2 is 2.24 bits per heavy atom. The number of amides is 2. The summed E-state index contributed by atoms with van der Waals surface area (Å²) in [5.74, 6) is 0.162. The zero-order chi connectivity index (χ0) is 17.6. The maximum atomic E-state index is 13.0. The molecule has 0 saturated carbocycles. The summed E-state index contributed by atoms with van der Waals surface area (Å²) in [5.41, 5.74) is -0.654. The van der Waals surface area contributed by atoms with Gasteiger partial charge in [0, 0.05) is 26.7 Å². The first-order valence-corrected chi connectivity index (χ1v) is 8.15. The number of hydrogen-bond donors (Lipinski definition) is 0. The molecular weight excluding hydrogens is 331 g/mol. The van der Waals surface area contributed by atoms with Gasteiger partial charge in [-0.25, -0.2) is 14.2 Å². The Hall–Kier alpha value is -2.42. The van der Waals surface area contributed by atoms with Gasteiger partial charge in [-0.1, -0.05) is 0 Å². The Balaban J connectivity index is 1.48. The highest BCUT2D eigenvalue weighted by atomic mass is 19.1. The van der Waals surface area contributed by atoms with Gasteiger partial charge in [0.05, 0.1) is 25.3 Å². The standard InChI is InChI=1S/C16H19FN4O4/c1-24-8-14(22)19-4-5-21-12(7-19)16(25-15(21)23)9-20(10-16)13-3-2-11(17)6-18-13/h2-3,6,12H,4-5,7-10H2,1H3. The molecule has 1 atom stereocenters. The molecule has 0 radical (unpaired) electrons. The summed E-state index contributed by atoms with van der Waals surface area (Å²) in [6.45, 7) is 2.34. The van der Waals surface area contributed by atoms with E-state index >= 15 is 0 Å². The van der Waals surface area contributed by atoms with Crippen LogP contribution in [0.15, 0.2) is 18.3 Å². The van der Waals surface area contributed by atoms with E-state index in [4.69, 9.17) is 9.47 Å². The summed E-state index contributed by atoms with van der Waals surface area (Å²) in [6.07, 6.45) is 0.828. The molecule has 1 unspecified atom stereocenters.